The molecule has 0 atom stereocenters. The Balaban J connectivity index is 3.28. The highest BCUT2D eigenvalue weighted by Crippen LogP contribution is 2.17. The SMILES string of the molecule is COC(=O)c1c(F)cc(I)cc1F. The lowest BCUT2D eigenvalue weighted by atomic mass is 10.2. The molecule has 70 valence electrons. The second-order valence-electron chi connectivity index (χ2n) is 2.24. The van der Waals surface area contributed by atoms with Crippen molar-refractivity contribution in [1.29, 1.82) is 0 Å². The summed E-state index contributed by atoms with van der Waals surface area (Å²) >= 11 is 1.75. The van der Waals surface area contributed by atoms with E-state index < -0.39 is 23.2 Å². The molecule has 1 aromatic rings. The quantitative estimate of drug-likeness (QED) is 0.587. The average molecular weight is 298 g/mol. The van der Waals surface area contributed by atoms with Gasteiger partial charge in [0.2, 0.25) is 0 Å². The van der Waals surface area contributed by atoms with Gasteiger partial charge < -0.3 is 4.74 Å². The minimum absolute atomic E-state index is 0.389. The molecule has 0 unspecified atom stereocenters. The van der Waals surface area contributed by atoms with Crippen LogP contribution in [0.15, 0.2) is 12.1 Å². The summed E-state index contributed by atoms with van der Waals surface area (Å²) in [6.45, 7) is 0. The molecular formula is C8H5F2IO2. The summed E-state index contributed by atoms with van der Waals surface area (Å²) in [5.41, 5.74) is -0.650. The normalized spacial score (nSPS) is 9.85. The Hall–Kier alpha value is -0.720. The van der Waals surface area contributed by atoms with E-state index in [2.05, 4.69) is 4.74 Å². The second-order valence-corrected chi connectivity index (χ2v) is 3.48. The molecule has 0 radical (unpaired) electrons. The van der Waals surface area contributed by atoms with Crippen molar-refractivity contribution in [3.05, 3.63) is 32.9 Å². The molecule has 0 aliphatic rings. The fourth-order valence-electron chi connectivity index (χ4n) is 0.839. The van der Waals surface area contributed by atoms with E-state index in [1.807, 2.05) is 0 Å². The number of rotatable bonds is 1. The molecule has 0 bridgehead atoms. The maximum atomic E-state index is 13.0. The molecule has 0 amide bonds. The lowest BCUT2D eigenvalue weighted by Crippen LogP contribution is -2.08. The molecule has 0 spiro atoms. The molecule has 0 heterocycles. The van der Waals surface area contributed by atoms with Crippen molar-refractivity contribution in [2.24, 2.45) is 0 Å². The Bertz CT molecular complexity index is 329. The molecule has 0 fully saturated rings. The van der Waals surface area contributed by atoms with E-state index in [4.69, 9.17) is 0 Å². The number of carbonyl (C=O) groups is 1. The zero-order valence-corrected chi connectivity index (χ0v) is 8.76. The van der Waals surface area contributed by atoms with Crippen molar-refractivity contribution in [1.82, 2.24) is 0 Å². The number of hydrogen-bond donors (Lipinski definition) is 0. The van der Waals surface area contributed by atoms with Crippen LogP contribution in [-0.4, -0.2) is 13.1 Å². The smallest absolute Gasteiger partial charge is 0.343 e. The van der Waals surface area contributed by atoms with Gasteiger partial charge in [-0.1, -0.05) is 0 Å². The number of carbonyl (C=O) groups excluding carboxylic acids is 1. The molecule has 2 nitrogen and oxygen atoms in total. The summed E-state index contributed by atoms with van der Waals surface area (Å²) in [7, 11) is 1.07. The molecule has 13 heavy (non-hydrogen) atoms. The fourth-order valence-corrected chi connectivity index (χ4v) is 1.39. The molecule has 0 saturated carbocycles. The van der Waals surface area contributed by atoms with Crippen molar-refractivity contribution in [3.8, 4) is 0 Å². The van der Waals surface area contributed by atoms with Crippen molar-refractivity contribution in [3.63, 3.8) is 0 Å². The number of ether oxygens (including phenoxy) is 1. The van der Waals surface area contributed by atoms with Crippen LogP contribution in [0, 0.1) is 15.2 Å². The molecule has 0 aliphatic carbocycles. The molecule has 0 aromatic heterocycles. The topological polar surface area (TPSA) is 26.3 Å². The molecule has 1 rings (SSSR count). The van der Waals surface area contributed by atoms with E-state index in [1.165, 1.54) is 0 Å². The van der Waals surface area contributed by atoms with Gasteiger partial charge in [-0.3, -0.25) is 0 Å². The van der Waals surface area contributed by atoms with Crippen LogP contribution in [0.3, 0.4) is 0 Å². The van der Waals surface area contributed by atoms with E-state index in [0.29, 0.717) is 3.57 Å². The largest absolute Gasteiger partial charge is 0.465 e. The van der Waals surface area contributed by atoms with Crippen molar-refractivity contribution < 1.29 is 18.3 Å². The Morgan fingerprint density at radius 2 is 1.85 bits per heavy atom. The predicted octanol–water partition coefficient (Wildman–Crippen LogP) is 2.36. The van der Waals surface area contributed by atoms with E-state index >= 15 is 0 Å². The summed E-state index contributed by atoms with van der Waals surface area (Å²) in [5.74, 6) is -2.82. The number of hydrogen-bond acceptors (Lipinski definition) is 2. The van der Waals surface area contributed by atoms with E-state index in [0.717, 1.165) is 19.2 Å². The molecule has 0 saturated heterocycles. The lowest BCUT2D eigenvalue weighted by molar-refractivity contribution is 0.0590. The summed E-state index contributed by atoms with van der Waals surface area (Å²) in [5, 5.41) is 0. The minimum atomic E-state index is -1.01. The first kappa shape index (κ1) is 10.4. The summed E-state index contributed by atoms with van der Waals surface area (Å²) in [4.78, 5) is 10.9. The third kappa shape index (κ3) is 2.15. The van der Waals surface area contributed by atoms with Gasteiger partial charge in [0.25, 0.3) is 0 Å². The first-order chi connectivity index (χ1) is 6.06. The Kier molecular flexibility index (Phi) is 3.18. The number of halogens is 3. The zero-order valence-electron chi connectivity index (χ0n) is 6.61. The number of benzene rings is 1. The molecule has 5 heteroatoms. The van der Waals surface area contributed by atoms with Crippen molar-refractivity contribution >= 4 is 28.6 Å². The first-order valence-electron chi connectivity index (χ1n) is 3.29. The van der Waals surface area contributed by atoms with Gasteiger partial charge in [-0.05, 0) is 34.7 Å². The van der Waals surface area contributed by atoms with Crippen LogP contribution in [0.4, 0.5) is 8.78 Å². The Morgan fingerprint density at radius 3 is 2.23 bits per heavy atom. The van der Waals surface area contributed by atoms with E-state index in [9.17, 15) is 13.6 Å². The third-order valence-corrected chi connectivity index (χ3v) is 2.02. The highest BCUT2D eigenvalue weighted by molar-refractivity contribution is 14.1. The van der Waals surface area contributed by atoms with Crippen molar-refractivity contribution in [2.75, 3.05) is 7.11 Å². The van der Waals surface area contributed by atoms with Gasteiger partial charge in [-0.15, -0.1) is 0 Å². The fraction of sp³-hybridized carbons (Fsp3) is 0.125. The third-order valence-electron chi connectivity index (χ3n) is 1.40. The van der Waals surface area contributed by atoms with Crippen LogP contribution in [0.1, 0.15) is 10.4 Å². The monoisotopic (exact) mass is 298 g/mol. The van der Waals surface area contributed by atoms with Gasteiger partial charge in [-0.25, -0.2) is 13.6 Å². The predicted molar refractivity (Wildman–Crippen MR) is 50.4 cm³/mol. The van der Waals surface area contributed by atoms with Crippen LogP contribution in [0.25, 0.3) is 0 Å². The van der Waals surface area contributed by atoms with Crippen LogP contribution in [0.5, 0.6) is 0 Å². The second kappa shape index (κ2) is 3.99. The zero-order chi connectivity index (χ0) is 10.0. The van der Waals surface area contributed by atoms with Gasteiger partial charge >= 0.3 is 5.97 Å². The average Bonchev–Trinajstić information content (AvgIpc) is 2.02. The maximum absolute atomic E-state index is 13.0. The van der Waals surface area contributed by atoms with Crippen LogP contribution in [-0.2, 0) is 4.74 Å². The number of esters is 1. The Labute approximate surface area is 87.0 Å². The molecule has 1 aromatic carbocycles. The van der Waals surface area contributed by atoms with Gasteiger partial charge in [0.05, 0.1) is 7.11 Å². The molecule has 0 N–H and O–H groups in total. The van der Waals surface area contributed by atoms with Gasteiger partial charge in [0.15, 0.2) is 0 Å². The van der Waals surface area contributed by atoms with E-state index in [1.54, 1.807) is 22.6 Å². The first-order valence-corrected chi connectivity index (χ1v) is 4.37. The molecule has 0 aliphatic heterocycles. The summed E-state index contributed by atoms with van der Waals surface area (Å²) < 4.78 is 30.6. The van der Waals surface area contributed by atoms with Crippen LogP contribution in [0.2, 0.25) is 0 Å². The van der Waals surface area contributed by atoms with E-state index in [-0.39, 0.29) is 0 Å². The lowest BCUT2D eigenvalue weighted by Gasteiger charge is -2.02. The van der Waals surface area contributed by atoms with Crippen LogP contribution >= 0.6 is 22.6 Å². The van der Waals surface area contributed by atoms with Gasteiger partial charge in [0, 0.05) is 3.57 Å². The highest BCUT2D eigenvalue weighted by atomic mass is 127. The highest BCUT2D eigenvalue weighted by Gasteiger charge is 2.18. The standard InChI is InChI=1S/C8H5F2IO2/c1-13-8(12)7-5(9)2-4(11)3-6(7)10/h2-3H,1H3. The van der Waals surface area contributed by atoms with Gasteiger partial charge in [0.1, 0.15) is 17.2 Å². The van der Waals surface area contributed by atoms with Crippen molar-refractivity contribution in [2.45, 2.75) is 0 Å². The van der Waals surface area contributed by atoms with Gasteiger partial charge in [-0.2, -0.15) is 0 Å². The minimum Gasteiger partial charge on any atom is -0.465 e. The Morgan fingerprint density at radius 1 is 1.38 bits per heavy atom. The molecular weight excluding hydrogens is 293 g/mol. The van der Waals surface area contributed by atoms with Crippen LogP contribution < -0.4 is 0 Å². The maximum Gasteiger partial charge on any atom is 0.343 e. The summed E-state index contributed by atoms with van der Waals surface area (Å²) in [6, 6.07) is 2.13. The summed E-state index contributed by atoms with van der Waals surface area (Å²) in [6.07, 6.45) is 0. The number of methoxy groups -OCH3 is 1.